The Hall–Kier alpha value is -3.59. The second-order valence-electron chi connectivity index (χ2n) is 22.7. The lowest BCUT2D eigenvalue weighted by Gasteiger charge is -2.56. The van der Waals surface area contributed by atoms with E-state index in [-0.39, 0.29) is 84.3 Å². The van der Waals surface area contributed by atoms with Crippen LogP contribution in [0.15, 0.2) is 24.3 Å². The lowest BCUT2D eigenvalue weighted by molar-refractivity contribution is -0.206. The molecule has 2 aromatic rings. The van der Waals surface area contributed by atoms with Gasteiger partial charge in [-0.3, -0.25) is 14.3 Å². The van der Waals surface area contributed by atoms with Crippen molar-refractivity contribution < 1.29 is 70.5 Å². The summed E-state index contributed by atoms with van der Waals surface area (Å²) in [5, 5.41) is 0. The maximum Gasteiger partial charge on any atom is 0.419 e. The van der Waals surface area contributed by atoms with Gasteiger partial charge in [0.05, 0.1) is 29.8 Å². The van der Waals surface area contributed by atoms with Crippen molar-refractivity contribution in [1.82, 2.24) is 0 Å². The second kappa shape index (κ2) is 18.8. The van der Waals surface area contributed by atoms with Crippen LogP contribution < -0.4 is 9.47 Å². The number of hydrogen-bond donors (Lipinski definition) is 0. The van der Waals surface area contributed by atoms with Gasteiger partial charge in [-0.2, -0.15) is 26.3 Å². The molecule has 4 saturated carbocycles. The largest absolute Gasteiger partial charge is 0.491 e. The first-order valence-electron chi connectivity index (χ1n) is 25.3. The van der Waals surface area contributed by atoms with E-state index < -0.39 is 34.5 Å². The van der Waals surface area contributed by atoms with E-state index in [1.165, 1.54) is 26.4 Å². The molecule has 0 bridgehead atoms. The molecule has 2 heterocycles. The summed E-state index contributed by atoms with van der Waals surface area (Å²) in [4.78, 5) is 25.0. The van der Waals surface area contributed by atoms with E-state index >= 15 is 0 Å². The maximum absolute atomic E-state index is 14.0. The zero-order chi connectivity index (χ0) is 48.7. The molecule has 0 aromatic heterocycles. The number of rotatable bonds is 8. The third-order valence-corrected chi connectivity index (χ3v) is 19.2. The first-order valence-corrected chi connectivity index (χ1v) is 25.3. The van der Waals surface area contributed by atoms with E-state index in [2.05, 4.69) is 13.8 Å². The highest BCUT2D eigenvalue weighted by Crippen LogP contribution is 2.69. The monoisotopic (exact) mass is 985 g/mol. The smallest absolute Gasteiger partial charge is 0.419 e. The first-order chi connectivity index (χ1) is 32.1. The molecule has 2 spiro atoms. The Bertz CT molecular complexity index is 2250. The topological polar surface area (TPSA) is 89.5 Å². The van der Waals surface area contributed by atoms with Crippen LogP contribution >= 0.6 is 0 Å². The summed E-state index contributed by atoms with van der Waals surface area (Å²) in [6.07, 6.45) is 5.62. The zero-order valence-corrected chi connectivity index (χ0v) is 41.1. The van der Waals surface area contributed by atoms with E-state index in [9.17, 15) is 35.9 Å². The van der Waals surface area contributed by atoms with Gasteiger partial charge in [-0.1, -0.05) is 13.8 Å². The van der Waals surface area contributed by atoms with Gasteiger partial charge in [0.25, 0.3) is 0 Å². The number of ether oxygens (including phenoxy) is 6. The standard InChI is InChI=1S/C28H37F3O4.C26H33F3O4.FH.H2/c1-25(2)11-12-27(35-24(25)32)10-8-21-19-6-5-17-15-23(34-14-13-33-4)22(28(29,30)31)16-20(17)18(19)7-9-26(21,27)3;1-24-10-7-17-18(20(24)8-11-25(24)9-3-4-23(30)33-25)6-5-16-14-22(32-13-12-31-2)21(15-19(16)17)26(27,28)29;;/h15-16,18-19,21H,5-14H2,1-4H3;14-15,17-18,20H,3-13H2,1-2H3;2*1H/t18?,19?,21?,26?,27-;17?,18?,20?,24?,25-;;/m10../s1/i;;;1+2. The van der Waals surface area contributed by atoms with Gasteiger partial charge in [-0.15, -0.1) is 0 Å². The number of halogens is 7. The van der Waals surface area contributed by atoms with Crippen LogP contribution in [0.3, 0.4) is 0 Å². The number of aryl methyl sites for hydroxylation is 2. The Morgan fingerprint density at radius 2 is 1.04 bits per heavy atom. The summed E-state index contributed by atoms with van der Waals surface area (Å²) in [6.45, 7) is 9.14. The molecule has 6 aliphatic carbocycles. The van der Waals surface area contributed by atoms with Gasteiger partial charge >= 0.3 is 24.3 Å². The molecule has 2 saturated heterocycles. The highest BCUT2D eigenvalue weighted by Gasteiger charge is 2.67. The van der Waals surface area contributed by atoms with Crippen molar-refractivity contribution in [2.75, 3.05) is 40.6 Å². The maximum atomic E-state index is 14.0. The van der Waals surface area contributed by atoms with Gasteiger partial charge in [0.15, 0.2) is 0 Å². The van der Waals surface area contributed by atoms with Gasteiger partial charge in [0.2, 0.25) is 0 Å². The Balaban J connectivity index is 0.000000201. The normalized spacial score (nSPS) is 35.1. The molecule has 6 fully saturated rings. The van der Waals surface area contributed by atoms with Gasteiger partial charge in [-0.25, -0.2) is 0 Å². The predicted molar refractivity (Wildman–Crippen MR) is 246 cm³/mol. The summed E-state index contributed by atoms with van der Waals surface area (Å²) in [5.41, 5.74) is 0.830. The van der Waals surface area contributed by atoms with Crippen molar-refractivity contribution in [3.63, 3.8) is 0 Å². The van der Waals surface area contributed by atoms with Crippen LogP contribution in [-0.4, -0.2) is 63.8 Å². The first kappa shape index (κ1) is 51.8. The van der Waals surface area contributed by atoms with Crippen LogP contribution in [0.4, 0.5) is 31.0 Å². The highest BCUT2D eigenvalue weighted by molar-refractivity contribution is 5.77. The Morgan fingerprint density at radius 1 is 0.580 bits per heavy atom. The third kappa shape index (κ3) is 8.85. The van der Waals surface area contributed by atoms with Crippen molar-refractivity contribution >= 4 is 11.9 Å². The van der Waals surface area contributed by atoms with Crippen molar-refractivity contribution in [2.24, 2.45) is 39.9 Å². The molecule has 8 nitrogen and oxygen atoms in total. The number of benzene rings is 2. The lowest BCUT2D eigenvalue weighted by Crippen LogP contribution is -2.56. The third-order valence-electron chi connectivity index (χ3n) is 19.2. The number of carbonyl (C=O) groups is 2. The molecule has 0 amide bonds. The SMILES string of the molecule is COCCOc1cc2c(cc1C(F)(F)F)C1CCC3(C)C(CC[C@@]34CCC(C)(C)C(=O)O4)C1CC2.COCCOc1cc2c(cc1C(F)(F)F)C1CCC3(C)C(CC[C@@]34CCCC(=O)O4)C1CC2.F.[3HH]. The number of carbonyl (C=O) groups excluding carboxylic acids is 2. The van der Waals surface area contributed by atoms with Gasteiger partial charge in [-0.05, 0) is 199 Å². The predicted octanol–water partition coefficient (Wildman–Crippen LogP) is 13.1. The minimum atomic E-state index is -4.48. The van der Waals surface area contributed by atoms with E-state index in [4.69, 9.17) is 28.4 Å². The molecule has 2 aromatic carbocycles. The summed E-state index contributed by atoms with van der Waals surface area (Å²) in [7, 11) is 3.00. The molecule has 2 aliphatic heterocycles. The molecular weight excluding hydrogens is 910 g/mol. The Labute approximate surface area is 403 Å². The number of esters is 2. The fourth-order valence-electron chi connectivity index (χ4n) is 15.5. The average Bonchev–Trinajstić information content (AvgIpc) is 3.73. The molecule has 10 rings (SSSR count). The highest BCUT2D eigenvalue weighted by atomic mass is 19.4. The molecule has 8 unspecified atom stereocenters. The molecule has 0 radical (unpaired) electrons. The minimum Gasteiger partial charge on any atom is -0.491 e. The van der Waals surface area contributed by atoms with E-state index in [1.807, 2.05) is 13.8 Å². The second-order valence-corrected chi connectivity index (χ2v) is 22.7. The summed E-state index contributed by atoms with van der Waals surface area (Å²) in [5.74, 6) is 1.24. The summed E-state index contributed by atoms with van der Waals surface area (Å²) < 4.78 is 117. The summed E-state index contributed by atoms with van der Waals surface area (Å²) in [6, 6.07) is 5.98. The minimum absolute atomic E-state index is 0. The van der Waals surface area contributed by atoms with Gasteiger partial charge < -0.3 is 28.4 Å². The van der Waals surface area contributed by atoms with Crippen LogP contribution in [0.25, 0.3) is 0 Å². The average molecular weight is 985 g/mol. The lowest BCUT2D eigenvalue weighted by atomic mass is 9.52. The Morgan fingerprint density at radius 3 is 1.46 bits per heavy atom. The van der Waals surface area contributed by atoms with Crippen LogP contribution in [0.5, 0.6) is 11.5 Å². The number of fused-ring (bicyclic) bond motifs is 12. The van der Waals surface area contributed by atoms with Gasteiger partial charge in [0, 0.05) is 32.9 Å². The van der Waals surface area contributed by atoms with Crippen LogP contribution in [-0.2, 0) is 53.7 Å². The Kier molecular flexibility index (Phi) is 14.1. The molecule has 15 heteroatoms. The molecular formula is C54H73F7O8. The number of hydrogen-bond acceptors (Lipinski definition) is 8. The van der Waals surface area contributed by atoms with Gasteiger partial charge in [0.1, 0.15) is 35.9 Å². The molecule has 69 heavy (non-hydrogen) atoms. The fraction of sp³-hybridized carbons (Fsp3) is 0.741. The molecule has 10 atom stereocenters. The molecule has 386 valence electrons. The van der Waals surface area contributed by atoms with Crippen LogP contribution in [0.1, 0.15) is 171 Å². The van der Waals surface area contributed by atoms with Crippen molar-refractivity contribution in [2.45, 2.75) is 172 Å². The van der Waals surface area contributed by atoms with E-state index in [0.717, 1.165) is 125 Å². The van der Waals surface area contributed by atoms with Crippen molar-refractivity contribution in [3.05, 3.63) is 57.6 Å². The molecule has 0 N–H and O–H groups in total. The zero-order valence-electron chi connectivity index (χ0n) is 41.1. The van der Waals surface area contributed by atoms with E-state index in [0.29, 0.717) is 30.1 Å². The fourth-order valence-corrected chi connectivity index (χ4v) is 15.5. The summed E-state index contributed by atoms with van der Waals surface area (Å²) >= 11 is 0. The van der Waals surface area contributed by atoms with Crippen molar-refractivity contribution in [1.29, 1.82) is 0 Å². The quantitative estimate of drug-likeness (QED) is 0.147. The number of alkyl halides is 6. The van der Waals surface area contributed by atoms with Crippen LogP contribution in [0, 0.1) is 39.9 Å². The molecule has 8 aliphatic rings. The number of methoxy groups -OCH3 is 2. The van der Waals surface area contributed by atoms with E-state index in [1.54, 1.807) is 12.1 Å². The van der Waals surface area contributed by atoms with Crippen LogP contribution in [0.2, 0.25) is 0 Å². The van der Waals surface area contributed by atoms with Crippen molar-refractivity contribution in [3.8, 4) is 11.5 Å².